The van der Waals surface area contributed by atoms with Crippen molar-refractivity contribution < 1.29 is 4.79 Å². The Hall–Kier alpha value is -2.41. The predicted molar refractivity (Wildman–Crippen MR) is 67.3 cm³/mol. The van der Waals surface area contributed by atoms with Crippen molar-refractivity contribution in [2.75, 3.05) is 0 Å². The Labute approximate surface area is 105 Å². The highest BCUT2D eigenvalue weighted by Gasteiger charge is 2.38. The molecule has 0 fully saturated rings. The van der Waals surface area contributed by atoms with E-state index in [0.717, 1.165) is 0 Å². The first kappa shape index (κ1) is 12.1. The van der Waals surface area contributed by atoms with Crippen LogP contribution in [0.4, 0.5) is 0 Å². The summed E-state index contributed by atoms with van der Waals surface area (Å²) in [5.41, 5.74) is 6.02. The summed E-state index contributed by atoms with van der Waals surface area (Å²) in [6, 6.07) is 5.40. The van der Waals surface area contributed by atoms with Gasteiger partial charge < -0.3 is 5.73 Å². The number of nitrogens with zero attached hydrogens (tertiary/aromatic N) is 2. The topological polar surface area (TPSA) is 79.8 Å². The number of primary amides is 1. The van der Waals surface area contributed by atoms with Gasteiger partial charge in [0, 0.05) is 11.6 Å². The molecule has 2 N–H and O–H groups in total. The highest BCUT2D eigenvalue weighted by Crippen LogP contribution is 2.35. The van der Waals surface area contributed by atoms with Gasteiger partial charge in [0.2, 0.25) is 5.91 Å². The number of pyridine rings is 1. The van der Waals surface area contributed by atoms with Crippen LogP contribution >= 0.6 is 0 Å². The van der Waals surface area contributed by atoms with Gasteiger partial charge in [0.1, 0.15) is 0 Å². The van der Waals surface area contributed by atoms with E-state index in [1.807, 2.05) is 19.1 Å². The Morgan fingerprint density at radius 1 is 1.56 bits per heavy atom. The highest BCUT2D eigenvalue weighted by atomic mass is 16.1. The van der Waals surface area contributed by atoms with Gasteiger partial charge in [0.15, 0.2) is 0 Å². The molecular formula is C14H13N3O. The van der Waals surface area contributed by atoms with Crippen LogP contribution < -0.4 is 5.73 Å². The minimum Gasteiger partial charge on any atom is -0.369 e. The van der Waals surface area contributed by atoms with Gasteiger partial charge in [-0.15, -0.1) is 0 Å². The fourth-order valence-electron chi connectivity index (χ4n) is 2.16. The Bertz CT molecular complexity index is 583. The second-order valence-electron chi connectivity index (χ2n) is 4.45. The van der Waals surface area contributed by atoms with Crippen molar-refractivity contribution in [3.63, 3.8) is 0 Å². The molecule has 0 radical (unpaired) electrons. The van der Waals surface area contributed by atoms with Gasteiger partial charge >= 0.3 is 0 Å². The van der Waals surface area contributed by atoms with Crippen molar-refractivity contribution in [1.82, 2.24) is 4.98 Å². The molecule has 0 aromatic carbocycles. The number of hydrogen-bond donors (Lipinski definition) is 1. The molecule has 1 aromatic heterocycles. The molecular weight excluding hydrogens is 226 g/mol. The van der Waals surface area contributed by atoms with Crippen LogP contribution in [0.15, 0.2) is 42.6 Å². The fourth-order valence-corrected chi connectivity index (χ4v) is 2.16. The smallest absolute Gasteiger partial charge is 0.225 e. The second-order valence-corrected chi connectivity index (χ2v) is 4.45. The summed E-state index contributed by atoms with van der Waals surface area (Å²) >= 11 is 0. The number of carbonyl (C=O) groups excluding carboxylic acids is 1. The van der Waals surface area contributed by atoms with Gasteiger partial charge in [-0.3, -0.25) is 9.78 Å². The van der Waals surface area contributed by atoms with E-state index < -0.39 is 17.2 Å². The molecule has 1 aliphatic carbocycles. The zero-order valence-electron chi connectivity index (χ0n) is 10.00. The zero-order chi connectivity index (χ0) is 13.2. The van der Waals surface area contributed by atoms with Crippen molar-refractivity contribution in [3.05, 3.63) is 53.9 Å². The molecule has 0 spiro atoms. The third-order valence-corrected chi connectivity index (χ3v) is 3.25. The molecule has 1 aromatic rings. The van der Waals surface area contributed by atoms with Crippen LogP contribution in [0.1, 0.15) is 18.2 Å². The minimum absolute atomic E-state index is 0.401. The fraction of sp³-hybridized carbons (Fsp3) is 0.214. The molecule has 2 rings (SSSR count). The van der Waals surface area contributed by atoms with Gasteiger partial charge in [0.25, 0.3) is 0 Å². The van der Waals surface area contributed by atoms with Crippen LogP contribution in [0.3, 0.4) is 0 Å². The molecule has 0 bridgehead atoms. The minimum atomic E-state index is -0.604. The number of nitriles is 1. The van der Waals surface area contributed by atoms with Crippen molar-refractivity contribution in [3.8, 4) is 6.07 Å². The van der Waals surface area contributed by atoms with E-state index in [9.17, 15) is 4.79 Å². The molecule has 0 saturated carbocycles. The summed E-state index contributed by atoms with van der Waals surface area (Å²) in [5, 5.41) is 8.92. The van der Waals surface area contributed by atoms with Crippen molar-refractivity contribution >= 4 is 5.91 Å². The standard InChI is InChI=1S/C14H13N3O/c1-14(6-3-2-4-11(14)13(16)18)12-8-10(9-15)5-7-17-12/h2-8,11H,1H3,(H2,16,18). The molecule has 2 unspecified atom stereocenters. The van der Waals surface area contributed by atoms with Crippen LogP contribution in [0, 0.1) is 17.2 Å². The van der Waals surface area contributed by atoms with E-state index in [0.29, 0.717) is 11.3 Å². The van der Waals surface area contributed by atoms with Gasteiger partial charge in [-0.1, -0.05) is 24.3 Å². The van der Waals surface area contributed by atoms with E-state index in [-0.39, 0.29) is 0 Å². The molecule has 4 nitrogen and oxygen atoms in total. The summed E-state index contributed by atoms with van der Waals surface area (Å²) in [6.07, 6.45) is 8.89. The number of allylic oxidation sites excluding steroid dienone is 3. The second kappa shape index (κ2) is 4.46. The maximum atomic E-state index is 11.5. The van der Waals surface area contributed by atoms with Crippen LogP contribution in [-0.4, -0.2) is 10.9 Å². The van der Waals surface area contributed by atoms with Gasteiger partial charge in [0.05, 0.1) is 23.2 Å². The lowest BCUT2D eigenvalue weighted by Gasteiger charge is -2.32. The Morgan fingerprint density at radius 2 is 2.33 bits per heavy atom. The van der Waals surface area contributed by atoms with Crippen LogP contribution in [0.5, 0.6) is 0 Å². The van der Waals surface area contributed by atoms with Crippen molar-refractivity contribution in [2.45, 2.75) is 12.3 Å². The monoisotopic (exact) mass is 239 g/mol. The lowest BCUT2D eigenvalue weighted by atomic mass is 9.71. The van der Waals surface area contributed by atoms with Crippen LogP contribution in [-0.2, 0) is 10.2 Å². The number of hydrogen-bond acceptors (Lipinski definition) is 3. The summed E-state index contributed by atoms with van der Waals surface area (Å²) < 4.78 is 0. The van der Waals surface area contributed by atoms with Crippen LogP contribution in [0.25, 0.3) is 0 Å². The SMILES string of the molecule is CC1(c2cc(C#N)ccn2)C=CC=CC1C(N)=O. The summed E-state index contributed by atoms with van der Waals surface area (Å²) in [7, 11) is 0. The van der Waals surface area contributed by atoms with Crippen molar-refractivity contribution in [1.29, 1.82) is 5.26 Å². The predicted octanol–water partition coefficient (Wildman–Crippen LogP) is 1.44. The van der Waals surface area contributed by atoms with Gasteiger partial charge in [-0.05, 0) is 19.1 Å². The summed E-state index contributed by atoms with van der Waals surface area (Å²) in [4.78, 5) is 15.8. The highest BCUT2D eigenvalue weighted by molar-refractivity contribution is 5.81. The average Bonchev–Trinajstić information content (AvgIpc) is 2.39. The average molecular weight is 239 g/mol. The number of aromatic nitrogens is 1. The van der Waals surface area contributed by atoms with E-state index in [4.69, 9.17) is 11.0 Å². The number of rotatable bonds is 2. The number of amides is 1. The molecule has 1 amide bonds. The molecule has 18 heavy (non-hydrogen) atoms. The van der Waals surface area contributed by atoms with Gasteiger partial charge in [-0.25, -0.2) is 0 Å². The maximum absolute atomic E-state index is 11.5. The first-order valence-electron chi connectivity index (χ1n) is 5.60. The quantitative estimate of drug-likeness (QED) is 0.848. The third kappa shape index (κ3) is 1.91. The van der Waals surface area contributed by atoms with E-state index in [1.54, 1.807) is 30.5 Å². The molecule has 0 saturated heterocycles. The Morgan fingerprint density at radius 3 is 3.00 bits per heavy atom. The molecule has 0 aliphatic heterocycles. The lowest BCUT2D eigenvalue weighted by Crippen LogP contribution is -2.40. The lowest BCUT2D eigenvalue weighted by molar-refractivity contribution is -0.121. The molecule has 4 heteroatoms. The third-order valence-electron chi connectivity index (χ3n) is 3.25. The maximum Gasteiger partial charge on any atom is 0.225 e. The van der Waals surface area contributed by atoms with E-state index >= 15 is 0 Å². The van der Waals surface area contributed by atoms with Gasteiger partial charge in [-0.2, -0.15) is 5.26 Å². The molecule has 90 valence electrons. The summed E-state index contributed by atoms with van der Waals surface area (Å²) in [6.45, 7) is 1.89. The first-order valence-corrected chi connectivity index (χ1v) is 5.60. The normalized spacial score (nSPS) is 25.7. The summed E-state index contributed by atoms with van der Waals surface area (Å²) in [5.74, 6) is -0.855. The zero-order valence-corrected chi connectivity index (χ0v) is 10.00. The first-order chi connectivity index (χ1) is 8.58. The van der Waals surface area contributed by atoms with Crippen molar-refractivity contribution in [2.24, 2.45) is 11.7 Å². The van der Waals surface area contributed by atoms with E-state index in [1.165, 1.54) is 0 Å². The van der Waals surface area contributed by atoms with Crippen LogP contribution in [0.2, 0.25) is 0 Å². The molecule has 2 atom stereocenters. The Kier molecular flexibility index (Phi) is 2.99. The molecule has 1 aliphatic rings. The number of carbonyl (C=O) groups is 1. The largest absolute Gasteiger partial charge is 0.369 e. The van der Waals surface area contributed by atoms with E-state index in [2.05, 4.69) is 11.1 Å². The molecule has 1 heterocycles. The number of nitrogens with two attached hydrogens (primary N) is 1. The Balaban J connectivity index is 2.52.